The lowest BCUT2D eigenvalue weighted by Gasteiger charge is -2.02. The Morgan fingerprint density at radius 1 is 1.25 bits per heavy atom. The standard InChI is InChI=1S/C18H14BrClN2OS/c1-11-2-5-13(6-3-11)17(23)22-18-21-10-14(24-18)8-12-4-7-15(19)16(20)9-12/h2-7,9-10H,8H2,1H3,(H,21,22,23). The van der Waals surface area contributed by atoms with Crippen molar-refractivity contribution >= 4 is 49.9 Å². The van der Waals surface area contributed by atoms with Gasteiger partial charge in [0.05, 0.1) is 5.02 Å². The molecule has 0 saturated heterocycles. The van der Waals surface area contributed by atoms with E-state index in [1.807, 2.05) is 49.4 Å². The largest absolute Gasteiger partial charge is 0.298 e. The second kappa shape index (κ2) is 7.47. The van der Waals surface area contributed by atoms with Gasteiger partial charge in [0, 0.05) is 27.5 Å². The number of aromatic nitrogens is 1. The average molecular weight is 422 g/mol. The number of halogens is 2. The molecule has 1 N–H and O–H groups in total. The fourth-order valence-electron chi connectivity index (χ4n) is 2.17. The third-order valence-corrected chi connectivity index (χ3v) is 5.60. The lowest BCUT2D eigenvalue weighted by atomic mass is 10.1. The Kier molecular flexibility index (Phi) is 5.33. The molecule has 2 aromatic carbocycles. The summed E-state index contributed by atoms with van der Waals surface area (Å²) < 4.78 is 0.878. The van der Waals surface area contributed by atoms with E-state index in [0.29, 0.717) is 15.7 Å². The van der Waals surface area contributed by atoms with Crippen LogP contribution >= 0.6 is 38.9 Å². The quantitative estimate of drug-likeness (QED) is 0.586. The van der Waals surface area contributed by atoms with Crippen LogP contribution < -0.4 is 5.32 Å². The fraction of sp³-hybridized carbons (Fsp3) is 0.111. The number of rotatable bonds is 4. The van der Waals surface area contributed by atoms with Crippen LogP contribution in [0.25, 0.3) is 0 Å². The maximum absolute atomic E-state index is 12.2. The van der Waals surface area contributed by atoms with Gasteiger partial charge in [-0.25, -0.2) is 4.98 Å². The molecule has 1 heterocycles. The van der Waals surface area contributed by atoms with Crippen molar-refractivity contribution in [1.29, 1.82) is 0 Å². The lowest BCUT2D eigenvalue weighted by Crippen LogP contribution is -2.11. The number of aryl methyl sites for hydroxylation is 1. The zero-order valence-electron chi connectivity index (χ0n) is 12.8. The molecule has 3 aromatic rings. The number of benzene rings is 2. The Morgan fingerprint density at radius 2 is 2.00 bits per heavy atom. The van der Waals surface area contributed by atoms with Gasteiger partial charge in [-0.05, 0) is 52.7 Å². The number of carbonyl (C=O) groups excluding carboxylic acids is 1. The maximum atomic E-state index is 12.2. The molecule has 3 nitrogen and oxygen atoms in total. The Morgan fingerprint density at radius 3 is 2.71 bits per heavy atom. The molecule has 0 spiro atoms. The van der Waals surface area contributed by atoms with Gasteiger partial charge in [-0.2, -0.15) is 0 Å². The predicted molar refractivity (Wildman–Crippen MR) is 103 cm³/mol. The second-order valence-electron chi connectivity index (χ2n) is 5.38. The van der Waals surface area contributed by atoms with E-state index in [0.717, 1.165) is 26.9 Å². The first-order valence-electron chi connectivity index (χ1n) is 7.28. The predicted octanol–water partition coefficient (Wildman–Crippen LogP) is 5.71. The van der Waals surface area contributed by atoms with Crippen molar-refractivity contribution in [3.05, 3.63) is 79.7 Å². The smallest absolute Gasteiger partial charge is 0.257 e. The molecular formula is C18H14BrClN2OS. The molecule has 0 aliphatic rings. The summed E-state index contributed by atoms with van der Waals surface area (Å²) in [6.07, 6.45) is 2.51. The van der Waals surface area contributed by atoms with E-state index in [1.165, 1.54) is 11.3 Å². The van der Waals surface area contributed by atoms with E-state index < -0.39 is 0 Å². The normalized spacial score (nSPS) is 10.6. The second-order valence-corrected chi connectivity index (χ2v) is 7.75. The minimum absolute atomic E-state index is 0.150. The minimum Gasteiger partial charge on any atom is -0.298 e. The number of hydrogen-bond donors (Lipinski definition) is 1. The van der Waals surface area contributed by atoms with Crippen molar-refractivity contribution in [3.8, 4) is 0 Å². The highest BCUT2D eigenvalue weighted by molar-refractivity contribution is 9.10. The summed E-state index contributed by atoms with van der Waals surface area (Å²) in [6, 6.07) is 13.3. The van der Waals surface area contributed by atoms with E-state index in [9.17, 15) is 4.79 Å². The molecule has 0 unspecified atom stereocenters. The highest BCUT2D eigenvalue weighted by Gasteiger charge is 2.10. The maximum Gasteiger partial charge on any atom is 0.257 e. The number of nitrogens with one attached hydrogen (secondary N) is 1. The van der Waals surface area contributed by atoms with Crippen LogP contribution in [-0.4, -0.2) is 10.9 Å². The molecule has 1 aromatic heterocycles. The van der Waals surface area contributed by atoms with Crippen molar-refractivity contribution < 1.29 is 4.79 Å². The lowest BCUT2D eigenvalue weighted by molar-refractivity contribution is 0.102. The van der Waals surface area contributed by atoms with Crippen LogP contribution in [0, 0.1) is 6.92 Å². The van der Waals surface area contributed by atoms with Gasteiger partial charge < -0.3 is 0 Å². The van der Waals surface area contributed by atoms with Gasteiger partial charge in [-0.3, -0.25) is 10.1 Å². The van der Waals surface area contributed by atoms with Gasteiger partial charge in [0.15, 0.2) is 5.13 Å². The molecule has 3 rings (SSSR count). The zero-order valence-corrected chi connectivity index (χ0v) is 16.0. The molecule has 1 amide bonds. The van der Waals surface area contributed by atoms with Gasteiger partial charge >= 0.3 is 0 Å². The summed E-state index contributed by atoms with van der Waals surface area (Å²) in [6.45, 7) is 1.99. The van der Waals surface area contributed by atoms with Crippen LogP contribution in [0.4, 0.5) is 5.13 Å². The van der Waals surface area contributed by atoms with Gasteiger partial charge in [0.2, 0.25) is 0 Å². The monoisotopic (exact) mass is 420 g/mol. The highest BCUT2D eigenvalue weighted by atomic mass is 79.9. The van der Waals surface area contributed by atoms with Crippen LogP contribution in [0.15, 0.2) is 53.1 Å². The molecule has 0 aliphatic heterocycles. The first kappa shape index (κ1) is 17.1. The van der Waals surface area contributed by atoms with Crippen molar-refractivity contribution in [2.75, 3.05) is 5.32 Å². The van der Waals surface area contributed by atoms with E-state index in [2.05, 4.69) is 26.2 Å². The van der Waals surface area contributed by atoms with E-state index in [4.69, 9.17) is 11.6 Å². The third kappa shape index (κ3) is 4.23. The van der Waals surface area contributed by atoms with E-state index in [-0.39, 0.29) is 5.91 Å². The molecule has 0 saturated carbocycles. The van der Waals surface area contributed by atoms with Crippen molar-refractivity contribution in [2.24, 2.45) is 0 Å². The summed E-state index contributed by atoms with van der Waals surface area (Å²) in [4.78, 5) is 17.6. The van der Waals surface area contributed by atoms with Gasteiger partial charge in [0.25, 0.3) is 5.91 Å². The number of anilines is 1. The molecule has 0 fully saturated rings. The average Bonchev–Trinajstić information content (AvgIpc) is 2.98. The number of hydrogen-bond acceptors (Lipinski definition) is 3. The molecule has 0 atom stereocenters. The summed E-state index contributed by atoms with van der Waals surface area (Å²) >= 11 is 11.0. The molecule has 0 radical (unpaired) electrons. The van der Waals surface area contributed by atoms with Crippen molar-refractivity contribution in [3.63, 3.8) is 0 Å². The van der Waals surface area contributed by atoms with Gasteiger partial charge in [-0.1, -0.05) is 35.4 Å². The SMILES string of the molecule is Cc1ccc(C(=O)Nc2ncc(Cc3ccc(Br)c(Cl)c3)s2)cc1. The van der Waals surface area contributed by atoms with Crippen LogP contribution in [0.1, 0.15) is 26.4 Å². The summed E-state index contributed by atoms with van der Waals surface area (Å²) in [5, 5.41) is 4.12. The van der Waals surface area contributed by atoms with Crippen molar-refractivity contribution in [1.82, 2.24) is 4.98 Å². The Hall–Kier alpha value is -1.69. The molecule has 122 valence electrons. The Balaban J connectivity index is 1.67. The molecule has 0 bridgehead atoms. The summed E-state index contributed by atoms with van der Waals surface area (Å²) in [7, 11) is 0. The minimum atomic E-state index is -0.150. The van der Waals surface area contributed by atoms with Gasteiger partial charge in [-0.15, -0.1) is 11.3 Å². The molecular weight excluding hydrogens is 408 g/mol. The number of carbonyl (C=O) groups is 1. The van der Waals surface area contributed by atoms with E-state index in [1.54, 1.807) is 6.20 Å². The Labute approximate surface area is 157 Å². The number of nitrogens with zero attached hydrogens (tertiary/aromatic N) is 1. The van der Waals surface area contributed by atoms with E-state index >= 15 is 0 Å². The molecule has 24 heavy (non-hydrogen) atoms. The zero-order chi connectivity index (χ0) is 17.1. The van der Waals surface area contributed by atoms with Crippen LogP contribution in [-0.2, 0) is 6.42 Å². The first-order chi connectivity index (χ1) is 11.5. The molecule has 0 aliphatic carbocycles. The van der Waals surface area contributed by atoms with Gasteiger partial charge in [0.1, 0.15) is 0 Å². The number of amides is 1. The van der Waals surface area contributed by atoms with Crippen molar-refractivity contribution in [2.45, 2.75) is 13.3 Å². The van der Waals surface area contributed by atoms with Crippen LogP contribution in [0.2, 0.25) is 5.02 Å². The van der Waals surface area contributed by atoms with Crippen LogP contribution in [0.3, 0.4) is 0 Å². The molecule has 6 heteroatoms. The fourth-order valence-corrected chi connectivity index (χ4v) is 3.46. The highest BCUT2D eigenvalue weighted by Crippen LogP contribution is 2.26. The Bertz CT molecular complexity index is 877. The van der Waals surface area contributed by atoms with Crippen LogP contribution in [0.5, 0.6) is 0 Å². The first-order valence-corrected chi connectivity index (χ1v) is 9.26. The summed E-state index contributed by atoms with van der Waals surface area (Å²) in [5.74, 6) is -0.150. The summed E-state index contributed by atoms with van der Waals surface area (Å²) in [5.41, 5.74) is 2.84. The third-order valence-electron chi connectivity index (χ3n) is 3.45. The number of thiazole rings is 1. The topological polar surface area (TPSA) is 42.0 Å².